The summed E-state index contributed by atoms with van der Waals surface area (Å²) in [5.41, 5.74) is -0.804. The van der Waals surface area contributed by atoms with E-state index in [1.54, 1.807) is 0 Å². The van der Waals surface area contributed by atoms with Crippen molar-refractivity contribution < 1.29 is 51.9 Å². The Morgan fingerprint density at radius 1 is 0.500 bits per heavy atom. The van der Waals surface area contributed by atoms with Crippen molar-refractivity contribution in [2.75, 3.05) is 0 Å². The molecule has 2 aromatic heterocycles. The minimum atomic E-state index is -5.07. The molecule has 0 aliphatic heterocycles. The molecule has 0 fully saturated rings. The molecule has 16 nitrogen and oxygen atoms in total. The van der Waals surface area contributed by atoms with E-state index in [9.17, 15) is 51.9 Å². The summed E-state index contributed by atoms with van der Waals surface area (Å²) in [5, 5.41) is 0. The summed E-state index contributed by atoms with van der Waals surface area (Å²) in [5.74, 6) is -0.754. The van der Waals surface area contributed by atoms with Gasteiger partial charge in [-0.15, -0.1) is 0 Å². The molecule has 0 amide bonds. The molecule has 2 heterocycles. The highest BCUT2D eigenvalue weighted by Gasteiger charge is 2.25. The predicted octanol–water partition coefficient (Wildman–Crippen LogP) is 1.52. The maximum absolute atomic E-state index is 12.2. The normalized spacial score (nSPS) is 13.3. The number of benzene rings is 3. The van der Waals surface area contributed by atoms with Gasteiger partial charge in [0.25, 0.3) is 20.2 Å². The lowest BCUT2D eigenvalue weighted by molar-refractivity contribution is 0.472. The molecule has 4 N–H and O–H groups in total. The fourth-order valence-corrected chi connectivity index (χ4v) is 6.51. The summed E-state index contributed by atoms with van der Waals surface area (Å²) in [6, 6.07) is 10.7. The van der Waals surface area contributed by atoms with Crippen molar-refractivity contribution in [3.63, 3.8) is 0 Å². The average molecular weight is 631 g/mol. The average Bonchev–Trinajstić information content (AvgIpc) is 3.41. The Balaban J connectivity index is 1.70. The van der Waals surface area contributed by atoms with Crippen LogP contribution < -0.4 is 0 Å². The van der Waals surface area contributed by atoms with Crippen LogP contribution in [0.5, 0.6) is 0 Å². The van der Waals surface area contributed by atoms with E-state index in [0.29, 0.717) is 7.94 Å². The molecular weight excluding hydrogens is 617 g/mol. The topological polar surface area (TPSA) is 253 Å². The SMILES string of the molecule is O=S(=O)(O)c1ccc2nc(-c3ccc(-c4nc5ccc(S(=O)(=O)O)cc5n4S(=O)(=O)O)cc3)n(S(=O)(=O)O)c2c1. The van der Waals surface area contributed by atoms with E-state index in [0.717, 1.165) is 36.4 Å². The van der Waals surface area contributed by atoms with Crippen LogP contribution in [0.4, 0.5) is 0 Å². The lowest BCUT2D eigenvalue weighted by Crippen LogP contribution is -2.13. The van der Waals surface area contributed by atoms with E-state index >= 15 is 0 Å². The smallest absolute Gasteiger partial charge is 0.282 e. The number of rotatable bonds is 6. The van der Waals surface area contributed by atoms with Crippen LogP contribution in [-0.2, 0) is 40.8 Å². The molecule has 0 aliphatic carbocycles. The van der Waals surface area contributed by atoms with Crippen molar-refractivity contribution in [1.82, 2.24) is 17.9 Å². The van der Waals surface area contributed by atoms with E-state index in [1.807, 2.05) is 0 Å². The first-order valence-electron chi connectivity index (χ1n) is 10.4. The molecule has 0 atom stereocenters. The zero-order valence-electron chi connectivity index (χ0n) is 19.3. The summed E-state index contributed by atoms with van der Waals surface area (Å²) in [6.07, 6.45) is 0. The minimum absolute atomic E-state index is 0.0363. The molecule has 0 saturated carbocycles. The molecule has 0 aliphatic rings. The summed E-state index contributed by atoms with van der Waals surface area (Å²) in [7, 11) is -19.6. The Labute approximate surface area is 225 Å². The van der Waals surface area contributed by atoms with Crippen LogP contribution in [0.1, 0.15) is 0 Å². The highest BCUT2D eigenvalue weighted by molar-refractivity contribution is 7.86. The first-order chi connectivity index (χ1) is 18.4. The Morgan fingerprint density at radius 2 is 0.825 bits per heavy atom. The van der Waals surface area contributed by atoms with Crippen molar-refractivity contribution in [3.8, 4) is 22.8 Å². The Morgan fingerprint density at radius 3 is 1.10 bits per heavy atom. The van der Waals surface area contributed by atoms with Crippen molar-refractivity contribution in [2.45, 2.75) is 9.79 Å². The highest BCUT2D eigenvalue weighted by atomic mass is 32.2. The standard InChI is InChI=1S/C20H14N4O12S4/c25-37(26,27)13-5-7-15-17(9-13)23(39(31,32)33)19(21-15)11-1-2-12(4-3-11)20-22-16-8-6-14(38(28,29)30)10-18(16)24(20)40(34,35)36/h1-10H,(H,25,26,27)(H,28,29,30)(H,31,32,33)(H,34,35,36). The van der Waals surface area contributed by atoms with E-state index < -0.39 is 50.6 Å². The van der Waals surface area contributed by atoms with Crippen LogP contribution in [0.15, 0.2) is 70.5 Å². The van der Waals surface area contributed by atoms with Crippen LogP contribution in [-0.4, -0.2) is 69.8 Å². The third-order valence-electron chi connectivity index (χ3n) is 5.63. The Bertz CT molecular complexity index is 2140. The third kappa shape index (κ3) is 4.86. The number of hydrogen-bond acceptors (Lipinski definition) is 10. The van der Waals surface area contributed by atoms with Crippen LogP contribution in [0, 0.1) is 0 Å². The largest absolute Gasteiger partial charge is 0.365 e. The minimum Gasteiger partial charge on any atom is -0.282 e. The van der Waals surface area contributed by atoms with Gasteiger partial charge in [0.15, 0.2) is 11.6 Å². The van der Waals surface area contributed by atoms with Gasteiger partial charge in [-0.3, -0.25) is 18.2 Å². The summed E-state index contributed by atoms with van der Waals surface area (Å²) < 4.78 is 134. The van der Waals surface area contributed by atoms with Gasteiger partial charge >= 0.3 is 20.6 Å². The molecule has 0 saturated heterocycles. The van der Waals surface area contributed by atoms with Gasteiger partial charge in [0.2, 0.25) is 0 Å². The van der Waals surface area contributed by atoms with E-state index in [4.69, 9.17) is 0 Å². The van der Waals surface area contributed by atoms with E-state index in [-0.39, 0.29) is 44.8 Å². The number of hydrogen-bond donors (Lipinski definition) is 4. The molecule has 0 bridgehead atoms. The van der Waals surface area contributed by atoms with E-state index in [1.165, 1.54) is 24.3 Å². The van der Waals surface area contributed by atoms with Crippen molar-refractivity contribution >= 4 is 62.9 Å². The van der Waals surface area contributed by atoms with Gasteiger partial charge in [0, 0.05) is 11.1 Å². The molecular formula is C20H14N4O12S4. The lowest BCUT2D eigenvalue weighted by Gasteiger charge is -2.08. The number of nitrogens with zero attached hydrogens (tertiary/aromatic N) is 4. The molecule has 20 heteroatoms. The maximum Gasteiger partial charge on any atom is 0.365 e. The Hall–Kier alpha value is -3.76. The second-order valence-corrected chi connectivity index (χ2v) is 13.5. The third-order valence-corrected chi connectivity index (χ3v) is 8.99. The number of imidazole rings is 2. The van der Waals surface area contributed by atoms with Gasteiger partial charge < -0.3 is 0 Å². The van der Waals surface area contributed by atoms with Crippen LogP contribution in [0.3, 0.4) is 0 Å². The molecule has 3 aromatic carbocycles. The molecule has 40 heavy (non-hydrogen) atoms. The van der Waals surface area contributed by atoms with Gasteiger partial charge in [-0.25, -0.2) is 9.97 Å². The quantitative estimate of drug-likeness (QED) is 0.194. The fraction of sp³-hybridized carbons (Fsp3) is 0. The monoisotopic (exact) mass is 630 g/mol. The number of fused-ring (bicyclic) bond motifs is 2. The molecule has 0 unspecified atom stereocenters. The van der Waals surface area contributed by atoms with Gasteiger partial charge in [-0.2, -0.15) is 41.6 Å². The second-order valence-electron chi connectivity index (χ2n) is 8.18. The highest BCUT2D eigenvalue weighted by Crippen LogP contribution is 2.32. The summed E-state index contributed by atoms with van der Waals surface area (Å²) >= 11 is 0. The fourth-order valence-electron chi connectivity index (χ4n) is 3.99. The van der Waals surface area contributed by atoms with E-state index in [2.05, 4.69) is 9.97 Å². The number of aromatic nitrogens is 4. The van der Waals surface area contributed by atoms with Gasteiger partial charge in [-0.1, -0.05) is 24.3 Å². The first kappa shape index (κ1) is 27.8. The van der Waals surface area contributed by atoms with Crippen LogP contribution in [0.2, 0.25) is 0 Å². The summed E-state index contributed by atoms with van der Waals surface area (Å²) in [6.45, 7) is 0. The molecule has 5 rings (SSSR count). The zero-order valence-corrected chi connectivity index (χ0v) is 22.5. The zero-order chi connectivity index (χ0) is 29.4. The van der Waals surface area contributed by atoms with Crippen molar-refractivity contribution in [2.24, 2.45) is 0 Å². The molecule has 0 spiro atoms. The van der Waals surface area contributed by atoms with Gasteiger partial charge in [0.1, 0.15) is 0 Å². The molecule has 210 valence electrons. The van der Waals surface area contributed by atoms with Gasteiger partial charge in [0.05, 0.1) is 31.9 Å². The lowest BCUT2D eigenvalue weighted by atomic mass is 10.1. The van der Waals surface area contributed by atoms with Gasteiger partial charge in [-0.05, 0) is 36.4 Å². The molecule has 0 radical (unpaired) electrons. The molecule has 5 aromatic rings. The predicted molar refractivity (Wildman–Crippen MR) is 137 cm³/mol. The Kier molecular flexibility index (Phi) is 6.16. The van der Waals surface area contributed by atoms with Crippen molar-refractivity contribution in [3.05, 3.63) is 60.7 Å². The second kappa shape index (κ2) is 8.87. The summed E-state index contributed by atoms with van der Waals surface area (Å²) in [4.78, 5) is 6.90. The van der Waals surface area contributed by atoms with Crippen LogP contribution >= 0.6 is 0 Å². The van der Waals surface area contributed by atoms with Crippen molar-refractivity contribution in [1.29, 1.82) is 0 Å². The first-order valence-corrected chi connectivity index (χ1v) is 16.1. The maximum atomic E-state index is 12.2. The van der Waals surface area contributed by atoms with Crippen LogP contribution in [0.25, 0.3) is 44.8 Å².